The summed E-state index contributed by atoms with van der Waals surface area (Å²) in [5.74, 6) is 0.222. The minimum Gasteiger partial charge on any atom is -0.481 e. The normalized spacial score (nSPS) is 10.2. The molecule has 0 saturated heterocycles. The molecule has 0 spiro atoms. The number of carboxylic acids is 1. The molecule has 98 valence electrons. The summed E-state index contributed by atoms with van der Waals surface area (Å²) in [6, 6.07) is 8.63. The van der Waals surface area contributed by atoms with Crippen LogP contribution in [0.2, 0.25) is 0 Å². The van der Waals surface area contributed by atoms with Gasteiger partial charge in [-0.2, -0.15) is 0 Å². The fourth-order valence-electron chi connectivity index (χ4n) is 1.46. The minimum atomic E-state index is -0.853. The van der Waals surface area contributed by atoms with Crippen molar-refractivity contribution in [2.24, 2.45) is 0 Å². The Morgan fingerprint density at radius 2 is 2.05 bits per heavy atom. The van der Waals surface area contributed by atoms with Gasteiger partial charge in [-0.3, -0.25) is 4.79 Å². The zero-order chi connectivity index (χ0) is 13.7. The summed E-state index contributed by atoms with van der Waals surface area (Å²) in [6.07, 6.45) is 3.37. The van der Waals surface area contributed by atoms with Crippen LogP contribution >= 0.6 is 11.8 Å². The van der Waals surface area contributed by atoms with Gasteiger partial charge in [-0.1, -0.05) is 12.1 Å². The number of hydrogen-bond donors (Lipinski definition) is 1. The van der Waals surface area contributed by atoms with Crippen LogP contribution in [0, 0.1) is 0 Å². The number of aromatic nitrogens is 2. The number of hydrogen-bond acceptors (Lipinski definition) is 5. The molecule has 0 aliphatic rings. The van der Waals surface area contributed by atoms with Gasteiger partial charge in [0.2, 0.25) is 5.88 Å². The van der Waals surface area contributed by atoms with Crippen LogP contribution in [0.15, 0.2) is 41.7 Å². The Morgan fingerprint density at radius 1 is 1.32 bits per heavy atom. The Hall–Kier alpha value is -2.08. The van der Waals surface area contributed by atoms with Crippen LogP contribution in [0.3, 0.4) is 0 Å². The van der Waals surface area contributed by atoms with Crippen LogP contribution in [0.5, 0.6) is 11.6 Å². The van der Waals surface area contributed by atoms with Gasteiger partial charge in [-0.25, -0.2) is 9.97 Å². The number of benzene rings is 1. The van der Waals surface area contributed by atoms with Gasteiger partial charge in [0.05, 0.1) is 6.42 Å². The van der Waals surface area contributed by atoms with Gasteiger partial charge in [-0.05, 0) is 24.0 Å². The molecule has 1 heterocycles. The van der Waals surface area contributed by atoms with E-state index in [0.717, 1.165) is 10.6 Å². The molecular formula is C13H12N2O3S. The zero-order valence-electron chi connectivity index (χ0n) is 10.2. The van der Waals surface area contributed by atoms with E-state index in [4.69, 9.17) is 9.84 Å². The summed E-state index contributed by atoms with van der Waals surface area (Å²) in [7, 11) is 0. The van der Waals surface area contributed by atoms with Crippen LogP contribution in [-0.2, 0) is 11.2 Å². The number of ether oxygens (including phenoxy) is 1. The molecule has 1 aromatic heterocycles. The third-order valence-corrected chi connectivity index (χ3v) is 2.97. The zero-order valence-corrected chi connectivity index (χ0v) is 11.1. The number of thioether (sulfide) groups is 1. The summed E-state index contributed by atoms with van der Waals surface area (Å²) in [5.41, 5.74) is 0.729. The largest absolute Gasteiger partial charge is 0.481 e. The maximum absolute atomic E-state index is 10.6. The molecule has 1 aromatic carbocycles. The van der Waals surface area contributed by atoms with Gasteiger partial charge in [0.15, 0.2) is 0 Å². The van der Waals surface area contributed by atoms with Crippen molar-refractivity contribution in [1.82, 2.24) is 9.97 Å². The molecule has 5 nitrogen and oxygen atoms in total. The smallest absolute Gasteiger partial charge is 0.307 e. The highest BCUT2D eigenvalue weighted by molar-refractivity contribution is 7.98. The van der Waals surface area contributed by atoms with E-state index in [1.165, 1.54) is 18.1 Å². The maximum Gasteiger partial charge on any atom is 0.307 e. The van der Waals surface area contributed by atoms with E-state index in [9.17, 15) is 4.79 Å². The van der Waals surface area contributed by atoms with Crippen molar-refractivity contribution in [2.45, 2.75) is 11.4 Å². The van der Waals surface area contributed by atoms with Crippen molar-refractivity contribution in [3.05, 3.63) is 42.2 Å². The first kappa shape index (κ1) is 13.4. The molecule has 0 saturated carbocycles. The highest BCUT2D eigenvalue weighted by Gasteiger charge is 2.03. The van der Waals surface area contributed by atoms with Gasteiger partial charge in [0.1, 0.15) is 17.1 Å². The maximum atomic E-state index is 10.6. The number of carbonyl (C=O) groups is 1. The number of nitrogens with zero attached hydrogens (tertiary/aromatic N) is 2. The topological polar surface area (TPSA) is 72.3 Å². The quantitative estimate of drug-likeness (QED) is 0.668. The summed E-state index contributed by atoms with van der Waals surface area (Å²) in [5, 5.41) is 9.50. The van der Waals surface area contributed by atoms with Crippen molar-refractivity contribution in [1.29, 1.82) is 0 Å². The Labute approximate surface area is 114 Å². The van der Waals surface area contributed by atoms with Crippen LogP contribution in [0.25, 0.3) is 0 Å². The summed E-state index contributed by atoms with van der Waals surface area (Å²) in [4.78, 5) is 18.6. The van der Waals surface area contributed by atoms with E-state index in [-0.39, 0.29) is 6.42 Å². The first-order valence-electron chi connectivity index (χ1n) is 5.52. The summed E-state index contributed by atoms with van der Waals surface area (Å²) < 4.78 is 5.57. The lowest BCUT2D eigenvalue weighted by Gasteiger charge is -2.05. The Bertz CT molecular complexity index is 572. The minimum absolute atomic E-state index is 0.00437. The second-order valence-corrected chi connectivity index (χ2v) is 4.54. The number of carboxylic acid groups (broad SMARTS) is 1. The standard InChI is InChI=1S/C13H12N2O3S/c1-19-12-7-11(14-8-15-12)18-10-4-2-9(3-5-10)6-13(16)17/h2-5,7-8H,6H2,1H3,(H,16,17). The molecule has 0 fully saturated rings. The summed E-state index contributed by atoms with van der Waals surface area (Å²) >= 11 is 1.51. The molecule has 0 aliphatic heterocycles. The van der Waals surface area contributed by atoms with E-state index < -0.39 is 5.97 Å². The predicted octanol–water partition coefficient (Wildman–Crippen LogP) is 2.62. The Kier molecular flexibility index (Phi) is 4.35. The van der Waals surface area contributed by atoms with Gasteiger partial charge >= 0.3 is 5.97 Å². The molecule has 2 aromatic rings. The van der Waals surface area contributed by atoms with Gasteiger partial charge in [0, 0.05) is 6.07 Å². The highest BCUT2D eigenvalue weighted by Crippen LogP contribution is 2.22. The van der Waals surface area contributed by atoms with Crippen molar-refractivity contribution in [2.75, 3.05) is 6.26 Å². The van der Waals surface area contributed by atoms with E-state index in [2.05, 4.69) is 9.97 Å². The van der Waals surface area contributed by atoms with Crippen LogP contribution in [0.4, 0.5) is 0 Å². The van der Waals surface area contributed by atoms with Crippen molar-refractivity contribution >= 4 is 17.7 Å². The molecule has 6 heteroatoms. The molecule has 0 atom stereocenters. The first-order chi connectivity index (χ1) is 9.17. The van der Waals surface area contributed by atoms with Crippen molar-refractivity contribution in [3.8, 4) is 11.6 Å². The fraction of sp³-hybridized carbons (Fsp3) is 0.154. The Balaban J connectivity index is 2.08. The molecule has 0 amide bonds. The summed E-state index contributed by atoms with van der Waals surface area (Å²) in [6.45, 7) is 0. The molecule has 0 aliphatic carbocycles. The third kappa shape index (κ3) is 3.96. The van der Waals surface area contributed by atoms with Gasteiger partial charge in [0.25, 0.3) is 0 Å². The van der Waals surface area contributed by atoms with Crippen LogP contribution in [0.1, 0.15) is 5.56 Å². The molecule has 19 heavy (non-hydrogen) atoms. The van der Waals surface area contributed by atoms with Crippen molar-refractivity contribution < 1.29 is 14.6 Å². The van der Waals surface area contributed by atoms with E-state index in [0.29, 0.717) is 11.6 Å². The highest BCUT2D eigenvalue weighted by atomic mass is 32.2. The second-order valence-electron chi connectivity index (χ2n) is 3.72. The van der Waals surface area contributed by atoms with E-state index in [1.807, 2.05) is 6.26 Å². The molecule has 0 bridgehead atoms. The molecule has 1 N–H and O–H groups in total. The van der Waals surface area contributed by atoms with Crippen LogP contribution < -0.4 is 4.74 Å². The third-order valence-electron chi connectivity index (χ3n) is 2.33. The molecule has 2 rings (SSSR count). The van der Waals surface area contributed by atoms with Crippen LogP contribution in [-0.4, -0.2) is 27.3 Å². The van der Waals surface area contributed by atoms with Crippen molar-refractivity contribution in [3.63, 3.8) is 0 Å². The number of aliphatic carboxylic acids is 1. The van der Waals surface area contributed by atoms with E-state index >= 15 is 0 Å². The molecule has 0 unspecified atom stereocenters. The SMILES string of the molecule is CSc1cc(Oc2ccc(CC(=O)O)cc2)ncn1. The second kappa shape index (κ2) is 6.19. The molecular weight excluding hydrogens is 264 g/mol. The lowest BCUT2D eigenvalue weighted by Crippen LogP contribution is -1.99. The lowest BCUT2D eigenvalue weighted by molar-refractivity contribution is -0.136. The van der Waals surface area contributed by atoms with Gasteiger partial charge in [-0.15, -0.1) is 11.8 Å². The average molecular weight is 276 g/mol. The predicted molar refractivity (Wildman–Crippen MR) is 71.7 cm³/mol. The average Bonchev–Trinajstić information content (AvgIpc) is 2.41. The Morgan fingerprint density at radius 3 is 2.68 bits per heavy atom. The fourth-order valence-corrected chi connectivity index (χ4v) is 1.83. The van der Waals surface area contributed by atoms with E-state index in [1.54, 1.807) is 30.3 Å². The number of rotatable bonds is 5. The van der Waals surface area contributed by atoms with Gasteiger partial charge < -0.3 is 9.84 Å². The first-order valence-corrected chi connectivity index (χ1v) is 6.74. The molecule has 0 radical (unpaired) electrons. The lowest BCUT2D eigenvalue weighted by atomic mass is 10.1. The monoisotopic (exact) mass is 276 g/mol.